The van der Waals surface area contributed by atoms with E-state index in [-0.39, 0.29) is 29.0 Å². The van der Waals surface area contributed by atoms with Crippen molar-refractivity contribution < 1.29 is 27.1 Å². The molecule has 1 aliphatic rings. The number of carbonyl (C=O) groups excluding carboxylic acids is 1. The molecule has 3 rings (SSSR count). The van der Waals surface area contributed by atoms with Gasteiger partial charge in [-0.1, -0.05) is 12.1 Å². The summed E-state index contributed by atoms with van der Waals surface area (Å²) in [6.07, 6.45) is -1.49. The Kier molecular flexibility index (Phi) is 4.19. The summed E-state index contributed by atoms with van der Waals surface area (Å²) in [5, 5.41) is 7.19. The number of halogens is 4. The molecular formula is C14H10F4N4O2. The van der Waals surface area contributed by atoms with Crippen LogP contribution < -0.4 is 5.43 Å². The Morgan fingerprint density at radius 3 is 2.58 bits per heavy atom. The molecule has 0 radical (unpaired) electrons. The van der Waals surface area contributed by atoms with Gasteiger partial charge >= 0.3 is 12.6 Å². The normalized spacial score (nSPS) is 14.6. The number of nitrogens with one attached hydrogen (secondary N) is 1. The van der Waals surface area contributed by atoms with Gasteiger partial charge in [0.25, 0.3) is 6.43 Å². The van der Waals surface area contributed by atoms with Crippen molar-refractivity contribution in [1.29, 1.82) is 0 Å². The van der Waals surface area contributed by atoms with Crippen LogP contribution in [0.3, 0.4) is 0 Å². The van der Waals surface area contributed by atoms with E-state index in [0.29, 0.717) is 10.2 Å². The summed E-state index contributed by atoms with van der Waals surface area (Å²) in [4.78, 5) is 10.9. The zero-order valence-corrected chi connectivity index (χ0v) is 11.9. The molecule has 0 fully saturated rings. The summed E-state index contributed by atoms with van der Waals surface area (Å²) in [5.41, 5.74) is 2.55. The number of benzene rings is 1. The Balaban J connectivity index is 2.00. The minimum atomic E-state index is -2.86. The predicted molar refractivity (Wildman–Crippen MR) is 74.9 cm³/mol. The van der Waals surface area contributed by atoms with E-state index in [1.807, 2.05) is 0 Å². The minimum absolute atomic E-state index is 0.0852. The molecule has 1 N–H and O–H groups in total. The van der Waals surface area contributed by atoms with Crippen LogP contribution in [-0.4, -0.2) is 28.2 Å². The summed E-state index contributed by atoms with van der Waals surface area (Å²) in [7, 11) is 0. The maximum absolute atomic E-state index is 13.4. The molecule has 0 aliphatic carbocycles. The summed E-state index contributed by atoms with van der Waals surface area (Å²) in [5.74, 6) is 0. The van der Waals surface area contributed by atoms with Gasteiger partial charge in [-0.2, -0.15) is 19.0 Å². The lowest BCUT2D eigenvalue weighted by Gasteiger charge is -2.15. The maximum Gasteiger partial charge on any atom is 0.428 e. The fourth-order valence-corrected chi connectivity index (χ4v) is 2.23. The summed E-state index contributed by atoms with van der Waals surface area (Å²) in [6.45, 7) is -3.01. The van der Waals surface area contributed by atoms with Crippen LogP contribution in [0.1, 0.15) is 24.1 Å². The first-order valence-electron chi connectivity index (χ1n) is 6.70. The Labute approximate surface area is 132 Å². The fraction of sp³-hybridized carbons (Fsp3) is 0.214. The highest BCUT2D eigenvalue weighted by Gasteiger charge is 2.20. The number of ether oxygens (including phenoxy) is 1. The van der Waals surface area contributed by atoms with Crippen LogP contribution in [0.4, 0.5) is 22.4 Å². The highest BCUT2D eigenvalue weighted by atomic mass is 19.3. The van der Waals surface area contributed by atoms with Gasteiger partial charge in [0.15, 0.2) is 0 Å². The van der Waals surface area contributed by atoms with Crippen molar-refractivity contribution in [3.63, 3.8) is 0 Å². The van der Waals surface area contributed by atoms with Crippen molar-refractivity contribution in [2.45, 2.75) is 13.0 Å². The van der Waals surface area contributed by atoms with Crippen molar-refractivity contribution in [3.05, 3.63) is 41.7 Å². The first-order chi connectivity index (χ1) is 11.5. The smallest absolute Gasteiger partial charge is 0.428 e. The lowest BCUT2D eigenvalue weighted by molar-refractivity contribution is 0.0566. The molecule has 24 heavy (non-hydrogen) atoms. The molecule has 2 aromatic rings. The van der Waals surface area contributed by atoms with E-state index >= 15 is 0 Å². The molecule has 1 aromatic heterocycles. The zero-order chi connectivity index (χ0) is 17.3. The zero-order valence-electron chi connectivity index (χ0n) is 11.9. The van der Waals surface area contributed by atoms with Crippen molar-refractivity contribution >= 4 is 11.8 Å². The van der Waals surface area contributed by atoms with E-state index in [1.54, 1.807) is 0 Å². The summed E-state index contributed by atoms with van der Waals surface area (Å²) >= 11 is 0. The third-order valence-electron chi connectivity index (χ3n) is 3.35. The molecule has 0 unspecified atom stereocenters. The van der Waals surface area contributed by atoms with Gasteiger partial charge in [-0.15, -0.1) is 0 Å². The number of carbonyl (C=O) groups is 1. The number of hydrogen-bond donors (Lipinski definition) is 1. The quantitative estimate of drug-likeness (QED) is 0.867. The fourth-order valence-electron chi connectivity index (χ4n) is 2.23. The van der Waals surface area contributed by atoms with Gasteiger partial charge in [0.2, 0.25) is 0 Å². The Morgan fingerprint density at radius 2 is 2.00 bits per heavy atom. The molecule has 1 aliphatic heterocycles. The Bertz CT molecular complexity index is 804. The lowest BCUT2D eigenvalue weighted by atomic mass is 9.98. The number of amides is 1. The number of hydrazone groups is 1. The standard InChI is InChI=1S/C14H10F4N4O2/c15-12(16)10-3-7(11-6-24-14(23)21-20-11)1-2-9(10)8-4-19-22(5-8)13(17)18/h1-5,12-13H,6H2,(H,21,23). The van der Waals surface area contributed by atoms with Crippen molar-refractivity contribution in [2.24, 2.45) is 5.10 Å². The van der Waals surface area contributed by atoms with Gasteiger partial charge < -0.3 is 4.74 Å². The molecule has 0 bridgehead atoms. The number of nitrogens with zero attached hydrogens (tertiary/aromatic N) is 3. The highest BCUT2D eigenvalue weighted by Crippen LogP contribution is 2.32. The highest BCUT2D eigenvalue weighted by molar-refractivity contribution is 6.04. The third-order valence-corrected chi connectivity index (χ3v) is 3.35. The SMILES string of the molecule is O=C1NN=C(c2ccc(-c3cnn(C(F)F)c3)c(C(F)F)c2)CO1. The summed E-state index contributed by atoms with van der Waals surface area (Å²) < 4.78 is 57.0. The number of hydrogen-bond acceptors (Lipinski definition) is 4. The van der Waals surface area contributed by atoms with Gasteiger partial charge in [-0.3, -0.25) is 0 Å². The average molecular weight is 342 g/mol. The lowest BCUT2D eigenvalue weighted by Crippen LogP contribution is -2.30. The van der Waals surface area contributed by atoms with E-state index in [2.05, 4.69) is 15.6 Å². The monoisotopic (exact) mass is 342 g/mol. The number of cyclic esters (lactones) is 1. The number of alkyl halides is 4. The molecule has 0 saturated heterocycles. The van der Waals surface area contributed by atoms with Crippen molar-refractivity contribution in [3.8, 4) is 11.1 Å². The molecule has 126 valence electrons. The second kappa shape index (κ2) is 6.30. The van der Waals surface area contributed by atoms with Crippen LogP contribution in [0.2, 0.25) is 0 Å². The molecule has 2 heterocycles. The van der Waals surface area contributed by atoms with Gasteiger partial charge in [0, 0.05) is 22.9 Å². The van der Waals surface area contributed by atoms with Crippen LogP contribution in [0.15, 0.2) is 35.7 Å². The largest absolute Gasteiger partial charge is 0.442 e. The molecule has 6 nitrogen and oxygen atoms in total. The number of aromatic nitrogens is 2. The number of rotatable bonds is 4. The molecule has 1 amide bonds. The van der Waals surface area contributed by atoms with Crippen molar-refractivity contribution in [2.75, 3.05) is 6.61 Å². The van der Waals surface area contributed by atoms with Gasteiger partial charge in [0.1, 0.15) is 12.3 Å². The molecule has 0 saturated carbocycles. The van der Waals surface area contributed by atoms with E-state index in [1.165, 1.54) is 18.2 Å². The van der Waals surface area contributed by atoms with Crippen LogP contribution >= 0.6 is 0 Å². The van der Waals surface area contributed by atoms with Crippen LogP contribution in [0.5, 0.6) is 0 Å². The first kappa shape index (κ1) is 16.0. The molecule has 1 aromatic carbocycles. The maximum atomic E-state index is 13.4. The Hall–Kier alpha value is -2.91. The van der Waals surface area contributed by atoms with E-state index in [4.69, 9.17) is 4.74 Å². The topological polar surface area (TPSA) is 68.5 Å². The van der Waals surface area contributed by atoms with Crippen LogP contribution in [-0.2, 0) is 4.74 Å². The minimum Gasteiger partial charge on any atom is -0.442 e. The van der Waals surface area contributed by atoms with Gasteiger partial charge in [-0.25, -0.2) is 23.7 Å². The second-order valence-corrected chi connectivity index (χ2v) is 4.84. The molecular weight excluding hydrogens is 332 g/mol. The Morgan fingerprint density at radius 1 is 1.21 bits per heavy atom. The van der Waals surface area contributed by atoms with E-state index < -0.39 is 19.1 Å². The van der Waals surface area contributed by atoms with E-state index in [9.17, 15) is 22.4 Å². The second-order valence-electron chi connectivity index (χ2n) is 4.84. The molecule has 10 heteroatoms. The van der Waals surface area contributed by atoms with Gasteiger partial charge in [0.05, 0.1) is 6.20 Å². The van der Waals surface area contributed by atoms with Crippen LogP contribution in [0, 0.1) is 0 Å². The van der Waals surface area contributed by atoms with Crippen molar-refractivity contribution in [1.82, 2.24) is 15.2 Å². The van der Waals surface area contributed by atoms with E-state index in [0.717, 1.165) is 12.4 Å². The first-order valence-corrected chi connectivity index (χ1v) is 6.70. The van der Waals surface area contributed by atoms with Gasteiger partial charge in [-0.05, 0) is 11.6 Å². The summed E-state index contributed by atoms with van der Waals surface area (Å²) in [6, 6.07) is 4.03. The van der Waals surface area contributed by atoms with Crippen LogP contribution in [0.25, 0.3) is 11.1 Å². The average Bonchev–Trinajstić information content (AvgIpc) is 3.05. The third kappa shape index (κ3) is 3.07. The molecule has 0 spiro atoms. The predicted octanol–water partition coefficient (Wildman–Crippen LogP) is 3.33. The molecule has 0 atom stereocenters.